The van der Waals surface area contributed by atoms with E-state index in [-0.39, 0.29) is 33.5 Å². The molecule has 0 unspecified atom stereocenters. The number of anilines is 1. The summed E-state index contributed by atoms with van der Waals surface area (Å²) >= 11 is 5.82. The number of hydrogen-bond donors (Lipinski definition) is 4. The number of aliphatic carboxylic acids is 2. The van der Waals surface area contributed by atoms with E-state index in [1.54, 1.807) is 0 Å². The highest BCUT2D eigenvalue weighted by Crippen LogP contribution is 2.35. The Kier molecular flexibility index (Phi) is 6.74. The normalized spacial score (nSPS) is 21.9. The number of ether oxygens (including phenoxy) is 2. The Labute approximate surface area is 206 Å². The molecule has 3 aromatic rings. The van der Waals surface area contributed by atoms with Crippen LogP contribution in [0.5, 0.6) is 0 Å². The predicted molar refractivity (Wildman–Crippen MR) is 120 cm³/mol. The highest BCUT2D eigenvalue weighted by atomic mass is 35.5. The van der Waals surface area contributed by atoms with Crippen LogP contribution in [-0.4, -0.2) is 77.4 Å². The monoisotopic (exact) mass is 520 g/mol. The molecule has 2 aromatic heterocycles. The summed E-state index contributed by atoms with van der Waals surface area (Å²) in [6.45, 7) is 6.20. The number of aliphatic hydroxyl groups excluding tert-OH is 1. The quantitative estimate of drug-likeness (QED) is 0.191. The Morgan fingerprint density at radius 1 is 1.28 bits per heavy atom. The number of nitrogens with zero attached hydrogens (tertiary/aromatic N) is 5. The number of fused-ring (bicyclic) bond motifs is 1. The van der Waals surface area contributed by atoms with Gasteiger partial charge in [0.15, 0.2) is 29.6 Å². The number of aliphatic hydroxyl groups is 1. The second-order valence-electron chi connectivity index (χ2n) is 7.91. The summed E-state index contributed by atoms with van der Waals surface area (Å²) < 4.78 is 27.0. The molecule has 0 amide bonds. The molecule has 36 heavy (non-hydrogen) atoms. The number of halogens is 2. The summed E-state index contributed by atoms with van der Waals surface area (Å²) in [5, 5.41) is 29.7. The summed E-state index contributed by atoms with van der Waals surface area (Å²) in [5.74, 6) is -3.69. The van der Waals surface area contributed by atoms with Gasteiger partial charge in [-0.15, -0.1) is 0 Å². The fourth-order valence-electron chi connectivity index (χ4n) is 3.78. The van der Waals surface area contributed by atoms with Gasteiger partial charge in [-0.05, 0) is 17.2 Å². The summed E-state index contributed by atoms with van der Waals surface area (Å²) in [6.07, 6.45) is -6.22. The van der Waals surface area contributed by atoms with Gasteiger partial charge in [-0.3, -0.25) is 4.57 Å². The third-order valence-corrected chi connectivity index (χ3v) is 5.86. The van der Waals surface area contributed by atoms with E-state index in [9.17, 15) is 24.9 Å². The van der Waals surface area contributed by atoms with Crippen molar-refractivity contribution in [1.82, 2.24) is 19.5 Å². The minimum absolute atomic E-state index is 0.0298. The molecule has 1 aliphatic heterocycles. The van der Waals surface area contributed by atoms with Crippen molar-refractivity contribution < 1.29 is 38.8 Å². The Balaban J connectivity index is 1.56. The van der Waals surface area contributed by atoms with E-state index < -0.39 is 55.2 Å². The Bertz CT molecular complexity index is 1350. The zero-order chi connectivity index (χ0) is 26.2. The fraction of sp³-hybridized carbons (Fsp3) is 0.333. The molecular formula is C21H18ClFN6O7. The van der Waals surface area contributed by atoms with Gasteiger partial charge >= 0.3 is 11.9 Å². The lowest BCUT2D eigenvalue weighted by Gasteiger charge is -2.27. The lowest BCUT2D eigenvalue weighted by molar-refractivity contribution is -0.190. The molecule has 0 saturated carbocycles. The number of nitrogens with two attached hydrogens (primary N) is 1. The van der Waals surface area contributed by atoms with Crippen LogP contribution < -0.4 is 5.73 Å². The van der Waals surface area contributed by atoms with Crippen LogP contribution in [0.25, 0.3) is 16.0 Å². The molecule has 13 nitrogen and oxygen atoms in total. The molecule has 1 aliphatic rings. The summed E-state index contributed by atoms with van der Waals surface area (Å²) in [6, 6.07) is 5.59. The van der Waals surface area contributed by atoms with E-state index in [2.05, 4.69) is 19.8 Å². The molecule has 1 fully saturated rings. The molecule has 0 bridgehead atoms. The number of benzene rings is 1. The van der Waals surface area contributed by atoms with Gasteiger partial charge in [-0.1, -0.05) is 24.3 Å². The van der Waals surface area contributed by atoms with E-state index in [1.165, 1.54) is 24.3 Å². The van der Waals surface area contributed by atoms with Gasteiger partial charge < -0.3 is 30.5 Å². The van der Waals surface area contributed by atoms with Gasteiger partial charge in [-0.2, -0.15) is 9.97 Å². The first kappa shape index (κ1) is 25.2. The smallest absolute Gasteiger partial charge is 0.348 e. The maximum Gasteiger partial charge on any atom is 0.348 e. The number of alkyl halides is 1. The van der Waals surface area contributed by atoms with Crippen LogP contribution in [0.15, 0.2) is 30.6 Å². The van der Waals surface area contributed by atoms with E-state index >= 15 is 4.39 Å². The predicted octanol–water partition coefficient (Wildman–Crippen LogP) is 1.38. The lowest BCUT2D eigenvalue weighted by atomic mass is 9.94. The molecule has 4 rings (SSSR count). The summed E-state index contributed by atoms with van der Waals surface area (Å²) in [5.41, 5.74) is 3.66. The molecule has 15 heteroatoms. The standard InChI is InChI=1S/C21H18ClFN6O7/c1-25-10-4-2-9(3-5-10)6-21(18(31)32,19(33)34)35-7-11-14(30)12(23)17(36-11)29-8-26-13-15(24)27-20(22)28-16(13)29/h2-5,8,11-12,14,17,30H,6-7H2,(H,31,32)(H,33,34)(H2,24,27,28)/t11-,12+,14-,17-/m1/s1. The van der Waals surface area contributed by atoms with Crippen molar-refractivity contribution in [2.75, 3.05) is 12.3 Å². The third kappa shape index (κ3) is 4.40. The molecule has 3 heterocycles. The third-order valence-electron chi connectivity index (χ3n) is 5.69. The van der Waals surface area contributed by atoms with E-state index in [4.69, 9.17) is 33.4 Å². The summed E-state index contributed by atoms with van der Waals surface area (Å²) in [7, 11) is 0. The van der Waals surface area contributed by atoms with Crippen molar-refractivity contribution in [1.29, 1.82) is 0 Å². The maximum absolute atomic E-state index is 15.0. The molecule has 5 N–H and O–H groups in total. The van der Waals surface area contributed by atoms with Gasteiger partial charge in [0, 0.05) is 6.42 Å². The van der Waals surface area contributed by atoms with Crippen LogP contribution in [0.4, 0.5) is 15.9 Å². The van der Waals surface area contributed by atoms with Crippen LogP contribution in [0.3, 0.4) is 0 Å². The minimum atomic E-state index is -2.77. The van der Waals surface area contributed by atoms with E-state index in [1.807, 2.05) is 0 Å². The fourth-order valence-corrected chi connectivity index (χ4v) is 3.95. The van der Waals surface area contributed by atoms with Crippen LogP contribution in [-0.2, 0) is 25.5 Å². The number of rotatable bonds is 8. The molecule has 1 saturated heterocycles. The van der Waals surface area contributed by atoms with Gasteiger partial charge in [0.1, 0.15) is 17.7 Å². The van der Waals surface area contributed by atoms with Gasteiger partial charge in [0.25, 0.3) is 5.60 Å². The van der Waals surface area contributed by atoms with Gasteiger partial charge in [0.2, 0.25) is 5.28 Å². The largest absolute Gasteiger partial charge is 0.479 e. The van der Waals surface area contributed by atoms with E-state index in [0.29, 0.717) is 0 Å². The Morgan fingerprint density at radius 3 is 2.56 bits per heavy atom. The number of imidazole rings is 1. The van der Waals surface area contributed by atoms with Crippen LogP contribution in [0.2, 0.25) is 5.28 Å². The van der Waals surface area contributed by atoms with Gasteiger partial charge in [-0.25, -0.2) is 23.8 Å². The number of carboxylic acids is 2. The second kappa shape index (κ2) is 9.63. The molecule has 0 spiro atoms. The molecule has 1 aromatic carbocycles. The SMILES string of the molecule is [C-]#[N+]c1ccc(CC(OC[C@H]2O[C@@H](n3cnc4c(N)nc(Cl)nc43)[C@@H](F)[C@@H]2O)(C(=O)O)C(=O)O)cc1. The number of hydrogen-bond acceptors (Lipinski definition) is 9. The first-order chi connectivity index (χ1) is 17.1. The number of nitrogen functional groups attached to an aromatic ring is 1. The maximum atomic E-state index is 15.0. The Hall–Kier alpha value is -3.90. The van der Waals surface area contributed by atoms with Crippen LogP contribution in [0.1, 0.15) is 11.8 Å². The number of aromatic nitrogens is 4. The first-order valence-electron chi connectivity index (χ1n) is 10.3. The van der Waals surface area contributed by atoms with Crippen LogP contribution >= 0.6 is 11.6 Å². The zero-order valence-corrected chi connectivity index (χ0v) is 18.9. The van der Waals surface area contributed by atoms with E-state index in [0.717, 1.165) is 10.9 Å². The number of carboxylic acid groups (broad SMARTS) is 2. The van der Waals surface area contributed by atoms with Crippen molar-refractivity contribution in [2.45, 2.75) is 36.6 Å². The van der Waals surface area contributed by atoms with Crippen molar-refractivity contribution in [2.24, 2.45) is 0 Å². The van der Waals surface area contributed by atoms with Crippen molar-refractivity contribution in [3.8, 4) is 0 Å². The molecule has 188 valence electrons. The van der Waals surface area contributed by atoms with Crippen molar-refractivity contribution in [3.05, 3.63) is 52.9 Å². The highest BCUT2D eigenvalue weighted by molar-refractivity contribution is 6.28. The lowest BCUT2D eigenvalue weighted by Crippen LogP contribution is -2.52. The molecular weight excluding hydrogens is 503 g/mol. The van der Waals surface area contributed by atoms with Crippen molar-refractivity contribution >= 4 is 46.2 Å². The average molecular weight is 521 g/mol. The van der Waals surface area contributed by atoms with Gasteiger partial charge in [0.05, 0.1) is 19.5 Å². The molecule has 0 radical (unpaired) electrons. The minimum Gasteiger partial charge on any atom is -0.479 e. The topological polar surface area (TPSA) is 187 Å². The van der Waals surface area contributed by atoms with Crippen LogP contribution in [0, 0.1) is 6.57 Å². The highest BCUT2D eigenvalue weighted by Gasteiger charge is 2.52. The number of carbonyl (C=O) groups is 2. The van der Waals surface area contributed by atoms with Crippen molar-refractivity contribution in [3.63, 3.8) is 0 Å². The first-order valence-corrected chi connectivity index (χ1v) is 10.7. The zero-order valence-electron chi connectivity index (χ0n) is 18.2. The average Bonchev–Trinajstić information content (AvgIpc) is 3.37. The molecule has 0 aliphatic carbocycles. The summed E-state index contributed by atoms with van der Waals surface area (Å²) in [4.78, 5) is 39.0. The molecule has 4 atom stereocenters. The second-order valence-corrected chi connectivity index (χ2v) is 8.24. The Morgan fingerprint density at radius 2 is 1.94 bits per heavy atom.